The Labute approximate surface area is 81.8 Å². The average molecular weight is 186 g/mol. The second kappa shape index (κ2) is 3.98. The first-order chi connectivity index (χ1) is 6.90. The molecule has 3 nitrogen and oxygen atoms in total. The molecule has 14 heavy (non-hydrogen) atoms. The lowest BCUT2D eigenvalue weighted by atomic mass is 10.3. The van der Waals surface area contributed by atoms with Gasteiger partial charge in [-0.15, -0.1) is 0 Å². The topological polar surface area (TPSA) is 46.0 Å². The van der Waals surface area contributed by atoms with Gasteiger partial charge in [-0.25, -0.2) is 4.98 Å². The van der Waals surface area contributed by atoms with Crippen molar-refractivity contribution in [1.82, 2.24) is 9.97 Å². The molecule has 0 fully saturated rings. The molecule has 0 amide bonds. The van der Waals surface area contributed by atoms with Crippen molar-refractivity contribution in [2.45, 2.75) is 0 Å². The Morgan fingerprint density at radius 3 is 2.79 bits per heavy atom. The van der Waals surface area contributed by atoms with Gasteiger partial charge in [-0.3, -0.25) is 4.98 Å². The summed E-state index contributed by atoms with van der Waals surface area (Å²) in [4.78, 5) is 8.59. The lowest BCUT2D eigenvalue weighted by Gasteiger charge is -1.96. The van der Waals surface area contributed by atoms with Crippen LogP contribution in [0.4, 0.5) is 0 Å². The molecule has 1 aromatic carbocycles. The largest absolute Gasteiger partial charge is 0.392 e. The summed E-state index contributed by atoms with van der Waals surface area (Å²) in [6, 6.07) is 7.69. The molecule has 70 valence electrons. The van der Waals surface area contributed by atoms with Crippen LogP contribution in [0.15, 0.2) is 36.5 Å². The van der Waals surface area contributed by atoms with Crippen molar-refractivity contribution in [2.75, 3.05) is 6.61 Å². The maximum Gasteiger partial charge on any atom is 0.0894 e. The average Bonchev–Trinajstić information content (AvgIpc) is 2.26. The second-order valence-corrected chi connectivity index (χ2v) is 2.87. The molecule has 2 rings (SSSR count). The molecule has 0 aliphatic carbocycles. The molecule has 3 heteroatoms. The summed E-state index contributed by atoms with van der Waals surface area (Å²) in [5.41, 5.74) is 2.51. The van der Waals surface area contributed by atoms with Gasteiger partial charge < -0.3 is 5.11 Å². The quantitative estimate of drug-likeness (QED) is 0.775. The fourth-order valence-corrected chi connectivity index (χ4v) is 1.23. The third-order valence-corrected chi connectivity index (χ3v) is 1.86. The van der Waals surface area contributed by atoms with Crippen molar-refractivity contribution in [3.63, 3.8) is 0 Å². The van der Waals surface area contributed by atoms with Crippen LogP contribution in [0.25, 0.3) is 17.1 Å². The van der Waals surface area contributed by atoms with Gasteiger partial charge in [0.15, 0.2) is 0 Å². The number of nitrogens with zero attached hydrogens (tertiary/aromatic N) is 2. The maximum absolute atomic E-state index is 8.61. The van der Waals surface area contributed by atoms with E-state index in [0.717, 1.165) is 16.7 Å². The Balaban J connectivity index is 2.46. The summed E-state index contributed by atoms with van der Waals surface area (Å²) in [6.07, 6.45) is 5.08. The van der Waals surface area contributed by atoms with E-state index in [1.165, 1.54) is 0 Å². The number of para-hydroxylation sites is 2. The van der Waals surface area contributed by atoms with Gasteiger partial charge in [0.25, 0.3) is 0 Å². The molecule has 1 aromatic heterocycles. The minimum atomic E-state index is 0.0223. The molecule has 0 aliphatic rings. The number of aliphatic hydroxyl groups excluding tert-OH is 1. The first-order valence-electron chi connectivity index (χ1n) is 4.39. The Kier molecular flexibility index (Phi) is 2.51. The van der Waals surface area contributed by atoms with Gasteiger partial charge in [-0.2, -0.15) is 0 Å². The van der Waals surface area contributed by atoms with E-state index in [4.69, 9.17) is 5.11 Å². The van der Waals surface area contributed by atoms with Gasteiger partial charge in [0.2, 0.25) is 0 Å². The van der Waals surface area contributed by atoms with Crippen LogP contribution in [-0.4, -0.2) is 21.7 Å². The van der Waals surface area contributed by atoms with Crippen LogP contribution in [0.3, 0.4) is 0 Å². The molecule has 0 spiro atoms. The molecule has 0 saturated carbocycles. The van der Waals surface area contributed by atoms with E-state index in [1.807, 2.05) is 24.3 Å². The van der Waals surface area contributed by atoms with E-state index in [-0.39, 0.29) is 6.61 Å². The molecule has 2 aromatic rings. The van der Waals surface area contributed by atoms with Gasteiger partial charge in [0.1, 0.15) is 0 Å². The standard InChI is InChI=1S/C11H10N2O/c14-7-3-4-9-8-12-10-5-1-2-6-11(10)13-9/h1-6,8,14H,7H2/b4-3+. The Hall–Kier alpha value is -1.74. The molecular formula is C11H10N2O. The van der Waals surface area contributed by atoms with Crippen molar-refractivity contribution in [2.24, 2.45) is 0 Å². The predicted octanol–water partition coefficient (Wildman–Crippen LogP) is 1.64. The molecule has 0 unspecified atom stereocenters. The zero-order valence-corrected chi connectivity index (χ0v) is 7.59. The molecule has 0 bridgehead atoms. The Morgan fingerprint density at radius 2 is 2.00 bits per heavy atom. The molecule has 1 heterocycles. The molecular weight excluding hydrogens is 176 g/mol. The van der Waals surface area contributed by atoms with E-state index in [0.29, 0.717) is 0 Å². The van der Waals surface area contributed by atoms with Crippen molar-refractivity contribution < 1.29 is 5.11 Å². The molecule has 0 atom stereocenters. The van der Waals surface area contributed by atoms with Crippen molar-refractivity contribution in [1.29, 1.82) is 0 Å². The summed E-state index contributed by atoms with van der Waals surface area (Å²) in [5.74, 6) is 0. The van der Waals surface area contributed by atoms with Crippen molar-refractivity contribution in [3.8, 4) is 0 Å². The smallest absolute Gasteiger partial charge is 0.0894 e. The number of rotatable bonds is 2. The van der Waals surface area contributed by atoms with Crippen LogP contribution in [0.5, 0.6) is 0 Å². The van der Waals surface area contributed by atoms with E-state index in [1.54, 1.807) is 18.3 Å². The zero-order chi connectivity index (χ0) is 9.80. The van der Waals surface area contributed by atoms with Gasteiger partial charge in [-0.1, -0.05) is 18.2 Å². The third-order valence-electron chi connectivity index (χ3n) is 1.86. The summed E-state index contributed by atoms with van der Waals surface area (Å²) in [6.45, 7) is 0.0223. The highest BCUT2D eigenvalue weighted by molar-refractivity contribution is 5.74. The molecule has 0 radical (unpaired) electrons. The van der Waals surface area contributed by atoms with E-state index < -0.39 is 0 Å². The number of aliphatic hydroxyl groups is 1. The zero-order valence-electron chi connectivity index (χ0n) is 7.59. The highest BCUT2D eigenvalue weighted by atomic mass is 16.2. The molecule has 1 N–H and O–H groups in total. The van der Waals surface area contributed by atoms with E-state index in [9.17, 15) is 0 Å². The Morgan fingerprint density at radius 1 is 1.21 bits per heavy atom. The number of aromatic nitrogens is 2. The van der Waals surface area contributed by atoms with E-state index >= 15 is 0 Å². The number of benzene rings is 1. The highest BCUT2D eigenvalue weighted by Crippen LogP contribution is 2.08. The lowest BCUT2D eigenvalue weighted by Crippen LogP contribution is -1.86. The highest BCUT2D eigenvalue weighted by Gasteiger charge is 1.94. The van der Waals surface area contributed by atoms with Crippen molar-refractivity contribution >= 4 is 17.1 Å². The summed E-state index contributed by atoms with van der Waals surface area (Å²) in [5, 5.41) is 8.61. The van der Waals surface area contributed by atoms with E-state index in [2.05, 4.69) is 9.97 Å². The van der Waals surface area contributed by atoms with Crippen LogP contribution < -0.4 is 0 Å². The second-order valence-electron chi connectivity index (χ2n) is 2.87. The van der Waals surface area contributed by atoms with Crippen LogP contribution in [-0.2, 0) is 0 Å². The number of hydrogen-bond donors (Lipinski definition) is 1. The fraction of sp³-hybridized carbons (Fsp3) is 0.0909. The summed E-state index contributed by atoms with van der Waals surface area (Å²) in [7, 11) is 0. The third kappa shape index (κ3) is 1.78. The lowest BCUT2D eigenvalue weighted by molar-refractivity contribution is 0.343. The van der Waals surface area contributed by atoms with Gasteiger partial charge in [-0.05, 0) is 18.2 Å². The minimum Gasteiger partial charge on any atom is -0.392 e. The van der Waals surface area contributed by atoms with Crippen LogP contribution in [0.1, 0.15) is 5.69 Å². The first kappa shape index (κ1) is 8.84. The van der Waals surface area contributed by atoms with Gasteiger partial charge in [0, 0.05) is 0 Å². The maximum atomic E-state index is 8.61. The number of fused-ring (bicyclic) bond motifs is 1. The Bertz CT molecular complexity index is 466. The number of hydrogen-bond acceptors (Lipinski definition) is 3. The minimum absolute atomic E-state index is 0.0223. The van der Waals surface area contributed by atoms with Crippen LogP contribution in [0.2, 0.25) is 0 Å². The SMILES string of the molecule is OC/C=C/c1cnc2ccccc2n1. The van der Waals surface area contributed by atoms with Crippen LogP contribution in [0, 0.1) is 0 Å². The van der Waals surface area contributed by atoms with Crippen molar-refractivity contribution in [3.05, 3.63) is 42.2 Å². The summed E-state index contributed by atoms with van der Waals surface area (Å²) >= 11 is 0. The fourth-order valence-electron chi connectivity index (χ4n) is 1.23. The van der Waals surface area contributed by atoms with Gasteiger partial charge in [0.05, 0.1) is 29.5 Å². The normalized spacial score (nSPS) is 11.2. The van der Waals surface area contributed by atoms with Gasteiger partial charge >= 0.3 is 0 Å². The molecule has 0 saturated heterocycles. The summed E-state index contributed by atoms with van der Waals surface area (Å²) < 4.78 is 0. The molecule has 0 aliphatic heterocycles. The monoisotopic (exact) mass is 186 g/mol. The first-order valence-corrected chi connectivity index (χ1v) is 4.39. The van der Waals surface area contributed by atoms with Crippen LogP contribution >= 0.6 is 0 Å². The predicted molar refractivity (Wildman–Crippen MR) is 55.7 cm³/mol.